The Hall–Kier alpha value is -3.16. The average Bonchev–Trinajstić information content (AvgIpc) is 2.97. The Morgan fingerprint density at radius 1 is 1.40 bits per heavy atom. The number of carbonyl (C=O) groups is 1. The Kier molecular flexibility index (Phi) is 4.51. The average molecular weight is 343 g/mol. The van der Waals surface area contributed by atoms with E-state index in [0.29, 0.717) is 22.7 Å². The SMILES string of the molecule is CC(C)OC(=O)NCc1cnc2nc(-c3cc(N)ccc3F)cn2c1. The number of nitrogen functional groups attached to an aromatic ring is 1. The molecule has 3 rings (SSSR count). The second-order valence-electron chi connectivity index (χ2n) is 5.84. The minimum atomic E-state index is -0.497. The van der Waals surface area contributed by atoms with Crippen LogP contribution in [0.15, 0.2) is 36.8 Å². The van der Waals surface area contributed by atoms with Crippen molar-refractivity contribution < 1.29 is 13.9 Å². The molecule has 0 saturated heterocycles. The molecule has 0 bridgehead atoms. The molecular formula is C17H18FN5O2. The number of nitrogens with zero attached hydrogens (tertiary/aromatic N) is 3. The van der Waals surface area contributed by atoms with Crippen LogP contribution in [0.5, 0.6) is 0 Å². The van der Waals surface area contributed by atoms with E-state index in [9.17, 15) is 9.18 Å². The van der Waals surface area contributed by atoms with Gasteiger partial charge < -0.3 is 15.8 Å². The number of fused-ring (bicyclic) bond motifs is 1. The van der Waals surface area contributed by atoms with E-state index in [0.717, 1.165) is 5.56 Å². The molecule has 1 aromatic carbocycles. The summed E-state index contributed by atoms with van der Waals surface area (Å²) in [6, 6.07) is 4.33. The second-order valence-corrected chi connectivity index (χ2v) is 5.84. The maximum absolute atomic E-state index is 14.0. The number of nitrogens with one attached hydrogen (secondary N) is 1. The van der Waals surface area contributed by atoms with Gasteiger partial charge in [0, 0.05) is 41.9 Å². The molecule has 0 aliphatic rings. The highest BCUT2D eigenvalue weighted by Crippen LogP contribution is 2.24. The van der Waals surface area contributed by atoms with Crippen molar-refractivity contribution >= 4 is 17.6 Å². The van der Waals surface area contributed by atoms with E-state index in [1.165, 1.54) is 18.2 Å². The largest absolute Gasteiger partial charge is 0.447 e. The molecule has 1 amide bonds. The normalized spacial score (nSPS) is 11.0. The van der Waals surface area contributed by atoms with Crippen molar-refractivity contribution in [3.05, 3.63) is 48.2 Å². The molecule has 0 saturated carbocycles. The predicted octanol–water partition coefficient (Wildman–Crippen LogP) is 2.75. The Morgan fingerprint density at radius 2 is 2.20 bits per heavy atom. The molecule has 0 radical (unpaired) electrons. The van der Waals surface area contributed by atoms with Crippen LogP contribution in [0.3, 0.4) is 0 Å². The fourth-order valence-corrected chi connectivity index (χ4v) is 2.32. The third-order valence-electron chi connectivity index (χ3n) is 3.41. The molecule has 2 aromatic heterocycles. The molecule has 0 unspecified atom stereocenters. The maximum Gasteiger partial charge on any atom is 0.407 e. The molecule has 0 atom stereocenters. The molecule has 130 valence electrons. The van der Waals surface area contributed by atoms with Gasteiger partial charge in [-0.15, -0.1) is 0 Å². The van der Waals surface area contributed by atoms with E-state index < -0.39 is 11.9 Å². The number of benzene rings is 1. The molecule has 25 heavy (non-hydrogen) atoms. The summed E-state index contributed by atoms with van der Waals surface area (Å²) < 4.78 is 20.7. The summed E-state index contributed by atoms with van der Waals surface area (Å²) in [6.45, 7) is 3.81. The van der Waals surface area contributed by atoms with Crippen LogP contribution in [0.25, 0.3) is 17.0 Å². The second kappa shape index (κ2) is 6.76. The molecule has 3 N–H and O–H groups in total. The summed E-state index contributed by atoms with van der Waals surface area (Å²) in [5, 5.41) is 2.64. The van der Waals surface area contributed by atoms with Gasteiger partial charge >= 0.3 is 6.09 Å². The Labute approximate surface area is 143 Å². The number of rotatable bonds is 4. The number of ether oxygens (including phenoxy) is 1. The number of imidazole rings is 1. The quantitative estimate of drug-likeness (QED) is 0.710. The van der Waals surface area contributed by atoms with Crippen molar-refractivity contribution in [3.8, 4) is 11.3 Å². The van der Waals surface area contributed by atoms with E-state index >= 15 is 0 Å². The van der Waals surface area contributed by atoms with Gasteiger partial charge in [-0.1, -0.05) is 0 Å². The van der Waals surface area contributed by atoms with E-state index in [1.54, 1.807) is 36.8 Å². The first-order valence-corrected chi connectivity index (χ1v) is 7.76. The highest BCUT2D eigenvalue weighted by molar-refractivity contribution is 5.67. The first-order chi connectivity index (χ1) is 11.9. The molecule has 0 aliphatic carbocycles. The lowest BCUT2D eigenvalue weighted by molar-refractivity contribution is 0.115. The predicted molar refractivity (Wildman–Crippen MR) is 91.3 cm³/mol. The fourth-order valence-electron chi connectivity index (χ4n) is 2.32. The molecule has 8 heteroatoms. The lowest BCUT2D eigenvalue weighted by atomic mass is 10.1. The lowest BCUT2D eigenvalue weighted by Gasteiger charge is -2.09. The van der Waals surface area contributed by atoms with Crippen LogP contribution in [0.1, 0.15) is 19.4 Å². The van der Waals surface area contributed by atoms with Gasteiger partial charge in [0.1, 0.15) is 5.82 Å². The number of carbonyl (C=O) groups excluding carboxylic acids is 1. The minimum Gasteiger partial charge on any atom is -0.447 e. The van der Waals surface area contributed by atoms with E-state index in [-0.39, 0.29) is 12.6 Å². The van der Waals surface area contributed by atoms with Gasteiger partial charge in [-0.2, -0.15) is 0 Å². The zero-order valence-corrected chi connectivity index (χ0v) is 13.9. The zero-order chi connectivity index (χ0) is 18.0. The van der Waals surface area contributed by atoms with E-state index in [2.05, 4.69) is 15.3 Å². The maximum atomic E-state index is 14.0. The van der Waals surface area contributed by atoms with Crippen LogP contribution in [0.4, 0.5) is 14.9 Å². The lowest BCUT2D eigenvalue weighted by Crippen LogP contribution is -2.26. The molecular weight excluding hydrogens is 325 g/mol. The molecule has 7 nitrogen and oxygen atoms in total. The molecule has 3 aromatic rings. The van der Waals surface area contributed by atoms with Crippen molar-refractivity contribution in [3.63, 3.8) is 0 Å². The molecule has 0 spiro atoms. The molecule has 0 aliphatic heterocycles. The number of nitrogens with two attached hydrogens (primary N) is 1. The van der Waals surface area contributed by atoms with Crippen molar-refractivity contribution in [2.24, 2.45) is 0 Å². The van der Waals surface area contributed by atoms with Crippen LogP contribution in [0.2, 0.25) is 0 Å². The monoisotopic (exact) mass is 343 g/mol. The Balaban J connectivity index is 1.82. The third-order valence-corrected chi connectivity index (χ3v) is 3.41. The Bertz CT molecular complexity index is 923. The van der Waals surface area contributed by atoms with Crippen molar-refractivity contribution in [1.29, 1.82) is 0 Å². The summed E-state index contributed by atoms with van der Waals surface area (Å²) >= 11 is 0. The Morgan fingerprint density at radius 3 is 2.96 bits per heavy atom. The van der Waals surface area contributed by atoms with Crippen molar-refractivity contribution in [2.45, 2.75) is 26.5 Å². The van der Waals surface area contributed by atoms with Gasteiger partial charge in [-0.25, -0.2) is 19.2 Å². The number of hydrogen-bond donors (Lipinski definition) is 2. The van der Waals surface area contributed by atoms with Crippen LogP contribution >= 0.6 is 0 Å². The number of amides is 1. The number of halogens is 1. The number of hydrogen-bond acceptors (Lipinski definition) is 5. The third kappa shape index (κ3) is 3.85. The van der Waals surface area contributed by atoms with Crippen molar-refractivity contribution in [1.82, 2.24) is 19.7 Å². The van der Waals surface area contributed by atoms with Gasteiger partial charge in [-0.05, 0) is 32.0 Å². The van der Waals surface area contributed by atoms with E-state index in [4.69, 9.17) is 10.5 Å². The summed E-state index contributed by atoms with van der Waals surface area (Å²) in [5.41, 5.74) is 7.67. The summed E-state index contributed by atoms with van der Waals surface area (Å²) in [5.74, 6) is 0.0151. The van der Waals surface area contributed by atoms with Gasteiger partial charge in [0.2, 0.25) is 5.78 Å². The topological polar surface area (TPSA) is 94.5 Å². The van der Waals surface area contributed by atoms with Crippen molar-refractivity contribution in [2.75, 3.05) is 5.73 Å². The fraction of sp³-hybridized carbons (Fsp3) is 0.235. The number of anilines is 1. The van der Waals surface area contributed by atoms with Gasteiger partial charge in [-0.3, -0.25) is 4.40 Å². The molecule has 0 fully saturated rings. The summed E-state index contributed by atoms with van der Waals surface area (Å²) in [6.07, 6.45) is 4.33. The minimum absolute atomic E-state index is 0.190. The van der Waals surface area contributed by atoms with Crippen LogP contribution in [-0.2, 0) is 11.3 Å². The van der Waals surface area contributed by atoms with Crippen LogP contribution < -0.4 is 11.1 Å². The summed E-state index contributed by atoms with van der Waals surface area (Å²) in [7, 11) is 0. The van der Waals surface area contributed by atoms with Crippen LogP contribution in [-0.4, -0.2) is 26.6 Å². The summed E-state index contributed by atoms with van der Waals surface area (Å²) in [4.78, 5) is 20.1. The van der Waals surface area contributed by atoms with E-state index in [1.807, 2.05) is 0 Å². The van der Waals surface area contributed by atoms with Crippen LogP contribution in [0, 0.1) is 5.82 Å². The number of aromatic nitrogens is 3. The highest BCUT2D eigenvalue weighted by atomic mass is 19.1. The van der Waals surface area contributed by atoms with Gasteiger partial charge in [0.05, 0.1) is 11.8 Å². The first-order valence-electron chi connectivity index (χ1n) is 7.76. The zero-order valence-electron chi connectivity index (χ0n) is 13.9. The smallest absolute Gasteiger partial charge is 0.407 e. The number of alkyl carbamates (subject to hydrolysis) is 1. The highest BCUT2D eigenvalue weighted by Gasteiger charge is 2.11. The standard InChI is InChI=1S/C17H18FN5O2/c1-10(2)25-17(24)21-7-11-6-20-16-22-15(9-23(16)8-11)13-5-12(19)3-4-14(13)18/h3-6,8-10H,7,19H2,1-2H3,(H,21,24). The first kappa shape index (κ1) is 16.7. The van der Waals surface area contributed by atoms with Gasteiger partial charge in [0.15, 0.2) is 0 Å². The molecule has 2 heterocycles. The van der Waals surface area contributed by atoms with Gasteiger partial charge in [0.25, 0.3) is 0 Å².